The molecule has 1 saturated carbocycles. The van der Waals surface area contributed by atoms with Crippen molar-refractivity contribution < 1.29 is 4.79 Å². The Morgan fingerprint density at radius 2 is 1.79 bits per heavy atom. The minimum Gasteiger partial charge on any atom is -0.367 e. The van der Waals surface area contributed by atoms with E-state index in [1.165, 1.54) is 25.7 Å². The quantitative estimate of drug-likeness (QED) is 0.605. The zero-order valence-electron chi connectivity index (χ0n) is 16.4. The fourth-order valence-electron chi connectivity index (χ4n) is 3.96. The van der Waals surface area contributed by atoms with Crippen LogP contribution in [0, 0.1) is 0 Å². The predicted octanol–water partition coefficient (Wildman–Crippen LogP) is 4.29. The summed E-state index contributed by atoms with van der Waals surface area (Å²) in [6, 6.07) is 10.1. The molecule has 1 aromatic carbocycles. The van der Waals surface area contributed by atoms with Gasteiger partial charge >= 0.3 is 0 Å². The maximum absolute atomic E-state index is 12.6. The number of benzene rings is 1. The van der Waals surface area contributed by atoms with Crippen LogP contribution in [0.25, 0.3) is 11.0 Å². The van der Waals surface area contributed by atoms with Gasteiger partial charge < -0.3 is 20.5 Å². The molecule has 2 aromatic heterocycles. The Kier molecular flexibility index (Phi) is 4.79. The lowest BCUT2D eigenvalue weighted by molar-refractivity contribution is 0.0724. The van der Waals surface area contributed by atoms with Crippen LogP contribution in [-0.4, -0.2) is 44.9 Å². The molecule has 7 nitrogen and oxygen atoms in total. The standard InChI is InChI=1S/C22H26N6O/c29-21(28-13-2-1-3-14-28)15-7-9-17(10-8-15)25-22-26-19-18(11-12-23-19)20(27-22)24-16-5-4-6-16/h7-12,16H,1-6,13-14H2,(H3,23,24,25,26,27). The second-order valence-electron chi connectivity index (χ2n) is 7.96. The smallest absolute Gasteiger partial charge is 0.253 e. The molecule has 0 spiro atoms. The van der Waals surface area contributed by atoms with Crippen LogP contribution in [0.4, 0.5) is 17.5 Å². The highest BCUT2D eigenvalue weighted by molar-refractivity contribution is 5.94. The van der Waals surface area contributed by atoms with Crippen molar-refractivity contribution in [1.82, 2.24) is 19.9 Å². The largest absolute Gasteiger partial charge is 0.367 e. The zero-order chi connectivity index (χ0) is 19.6. The van der Waals surface area contributed by atoms with E-state index in [9.17, 15) is 4.79 Å². The average Bonchev–Trinajstić information content (AvgIpc) is 3.20. The minimum atomic E-state index is 0.118. The lowest BCUT2D eigenvalue weighted by atomic mass is 9.93. The summed E-state index contributed by atoms with van der Waals surface area (Å²) in [6.45, 7) is 1.72. The predicted molar refractivity (Wildman–Crippen MR) is 115 cm³/mol. The number of H-pyrrole nitrogens is 1. The van der Waals surface area contributed by atoms with Crippen LogP contribution >= 0.6 is 0 Å². The Morgan fingerprint density at radius 3 is 2.52 bits per heavy atom. The summed E-state index contributed by atoms with van der Waals surface area (Å²) in [5.74, 6) is 1.52. The number of nitrogens with one attached hydrogen (secondary N) is 3. The van der Waals surface area contributed by atoms with Crippen molar-refractivity contribution in [2.45, 2.75) is 44.6 Å². The molecule has 0 atom stereocenters. The number of piperidine rings is 1. The maximum Gasteiger partial charge on any atom is 0.253 e. The third-order valence-electron chi connectivity index (χ3n) is 5.89. The zero-order valence-corrected chi connectivity index (χ0v) is 16.4. The van der Waals surface area contributed by atoms with Crippen molar-refractivity contribution in [3.8, 4) is 0 Å². The molecule has 1 aliphatic heterocycles. The summed E-state index contributed by atoms with van der Waals surface area (Å²) in [4.78, 5) is 27.0. The van der Waals surface area contributed by atoms with E-state index in [1.807, 2.05) is 41.4 Å². The van der Waals surface area contributed by atoms with Gasteiger partial charge in [0, 0.05) is 36.6 Å². The number of aromatic amines is 1. The molecule has 1 aliphatic carbocycles. The first kappa shape index (κ1) is 18.0. The summed E-state index contributed by atoms with van der Waals surface area (Å²) in [7, 11) is 0. The molecule has 0 radical (unpaired) electrons. The van der Waals surface area contributed by atoms with E-state index in [0.717, 1.165) is 54.0 Å². The number of fused-ring (bicyclic) bond motifs is 1. The molecule has 2 fully saturated rings. The first-order valence-electron chi connectivity index (χ1n) is 10.5. The van der Waals surface area contributed by atoms with E-state index < -0.39 is 0 Å². The highest BCUT2D eigenvalue weighted by Crippen LogP contribution is 2.28. The van der Waals surface area contributed by atoms with Crippen molar-refractivity contribution in [1.29, 1.82) is 0 Å². The van der Waals surface area contributed by atoms with Gasteiger partial charge in [0.2, 0.25) is 5.95 Å². The van der Waals surface area contributed by atoms with E-state index in [0.29, 0.717) is 12.0 Å². The molecular formula is C22H26N6O. The van der Waals surface area contributed by atoms with Gasteiger partial charge in [-0.15, -0.1) is 0 Å². The number of carbonyl (C=O) groups excluding carboxylic acids is 1. The maximum atomic E-state index is 12.6. The van der Waals surface area contributed by atoms with E-state index in [4.69, 9.17) is 4.98 Å². The van der Waals surface area contributed by atoms with Crippen molar-refractivity contribution in [2.24, 2.45) is 0 Å². The third kappa shape index (κ3) is 3.77. The number of hydrogen-bond acceptors (Lipinski definition) is 5. The van der Waals surface area contributed by atoms with E-state index in [2.05, 4.69) is 20.6 Å². The van der Waals surface area contributed by atoms with Crippen LogP contribution in [0.2, 0.25) is 0 Å². The molecule has 1 amide bonds. The lowest BCUT2D eigenvalue weighted by Crippen LogP contribution is -2.35. The van der Waals surface area contributed by atoms with Crippen LogP contribution in [0.3, 0.4) is 0 Å². The summed E-state index contributed by atoms with van der Waals surface area (Å²) in [5, 5.41) is 7.81. The van der Waals surface area contributed by atoms with E-state index in [-0.39, 0.29) is 5.91 Å². The van der Waals surface area contributed by atoms with Crippen molar-refractivity contribution in [3.63, 3.8) is 0 Å². The average molecular weight is 390 g/mol. The number of amides is 1. The number of carbonyl (C=O) groups is 1. The summed E-state index contributed by atoms with van der Waals surface area (Å²) >= 11 is 0. The Morgan fingerprint density at radius 1 is 1.00 bits per heavy atom. The van der Waals surface area contributed by atoms with Gasteiger partial charge in [-0.1, -0.05) is 0 Å². The molecule has 0 unspecified atom stereocenters. The highest BCUT2D eigenvalue weighted by Gasteiger charge is 2.20. The van der Waals surface area contributed by atoms with E-state index in [1.54, 1.807) is 0 Å². The van der Waals surface area contributed by atoms with Crippen LogP contribution in [-0.2, 0) is 0 Å². The fraction of sp³-hybridized carbons (Fsp3) is 0.409. The van der Waals surface area contributed by atoms with E-state index >= 15 is 0 Å². The SMILES string of the molecule is O=C(c1ccc(Nc2nc(NC3CCC3)c3cc[nH]c3n2)cc1)N1CCCCC1. The lowest BCUT2D eigenvalue weighted by Gasteiger charge is -2.27. The summed E-state index contributed by atoms with van der Waals surface area (Å²) in [5.41, 5.74) is 2.40. The molecule has 5 rings (SSSR count). The normalized spacial score (nSPS) is 17.2. The van der Waals surface area contributed by atoms with Crippen LogP contribution in [0.1, 0.15) is 48.9 Å². The number of nitrogens with zero attached hydrogens (tertiary/aromatic N) is 3. The molecule has 29 heavy (non-hydrogen) atoms. The molecule has 3 aromatic rings. The van der Waals surface area contributed by atoms with Gasteiger partial charge in [0.15, 0.2) is 0 Å². The first-order chi connectivity index (χ1) is 14.3. The Labute approximate surface area is 169 Å². The van der Waals surface area contributed by atoms with Gasteiger partial charge in [0.05, 0.1) is 5.39 Å². The van der Waals surface area contributed by atoms with Gasteiger partial charge in [-0.05, 0) is 68.9 Å². The van der Waals surface area contributed by atoms with Gasteiger partial charge in [-0.3, -0.25) is 4.79 Å². The van der Waals surface area contributed by atoms with Gasteiger partial charge in [0.25, 0.3) is 5.91 Å². The molecule has 0 bridgehead atoms. The Bertz CT molecular complexity index is 1000. The Hall–Kier alpha value is -3.09. The topological polar surface area (TPSA) is 85.9 Å². The molecular weight excluding hydrogens is 364 g/mol. The first-order valence-corrected chi connectivity index (χ1v) is 10.5. The number of hydrogen-bond donors (Lipinski definition) is 3. The second kappa shape index (κ2) is 7.73. The second-order valence-corrected chi connectivity index (χ2v) is 7.96. The van der Waals surface area contributed by atoms with Crippen molar-refractivity contribution in [3.05, 3.63) is 42.1 Å². The molecule has 1 saturated heterocycles. The van der Waals surface area contributed by atoms with Crippen LogP contribution in [0.5, 0.6) is 0 Å². The number of likely N-dealkylation sites (tertiary alicyclic amines) is 1. The molecule has 3 heterocycles. The van der Waals surface area contributed by atoms with Gasteiger partial charge in [-0.25, -0.2) is 0 Å². The van der Waals surface area contributed by atoms with Crippen molar-refractivity contribution in [2.75, 3.05) is 23.7 Å². The number of aromatic nitrogens is 3. The van der Waals surface area contributed by atoms with Gasteiger partial charge in [0.1, 0.15) is 11.5 Å². The molecule has 2 aliphatic rings. The van der Waals surface area contributed by atoms with Gasteiger partial charge in [-0.2, -0.15) is 9.97 Å². The molecule has 7 heteroatoms. The third-order valence-corrected chi connectivity index (χ3v) is 5.89. The summed E-state index contributed by atoms with van der Waals surface area (Å²) in [6.07, 6.45) is 8.94. The van der Waals surface area contributed by atoms with Crippen LogP contribution < -0.4 is 10.6 Å². The fourth-order valence-corrected chi connectivity index (χ4v) is 3.96. The molecule has 150 valence electrons. The number of rotatable bonds is 5. The monoisotopic (exact) mass is 390 g/mol. The highest BCUT2D eigenvalue weighted by atomic mass is 16.2. The van der Waals surface area contributed by atoms with Crippen molar-refractivity contribution >= 4 is 34.4 Å². The van der Waals surface area contributed by atoms with Crippen LogP contribution in [0.15, 0.2) is 36.5 Å². The number of anilines is 3. The molecule has 3 N–H and O–H groups in total. The Balaban J connectivity index is 1.33. The summed E-state index contributed by atoms with van der Waals surface area (Å²) < 4.78 is 0. The minimum absolute atomic E-state index is 0.118.